The Balaban J connectivity index is 2.22. The summed E-state index contributed by atoms with van der Waals surface area (Å²) in [5.74, 6) is 0.881. The number of fused-ring (bicyclic) bond motifs is 1. The lowest BCUT2D eigenvalue weighted by atomic mass is 10.2. The van der Waals surface area contributed by atoms with Gasteiger partial charge in [-0.05, 0) is 46.9 Å². The van der Waals surface area contributed by atoms with Crippen molar-refractivity contribution in [2.75, 3.05) is 0 Å². The number of pyridine rings is 1. The summed E-state index contributed by atoms with van der Waals surface area (Å²) in [6.07, 6.45) is 1.97. The highest BCUT2D eigenvalue weighted by Gasteiger charge is 2.06. The monoisotopic (exact) mass is 321 g/mol. The van der Waals surface area contributed by atoms with Gasteiger partial charge in [-0.1, -0.05) is 18.2 Å². The molecule has 3 nitrogen and oxygen atoms in total. The molecule has 0 aliphatic rings. The van der Waals surface area contributed by atoms with Crippen LogP contribution in [0, 0.1) is 3.57 Å². The first-order valence-electron chi connectivity index (χ1n) is 4.90. The molecule has 0 amide bonds. The molecule has 0 fully saturated rings. The van der Waals surface area contributed by atoms with E-state index in [1.807, 2.05) is 28.8 Å². The Kier molecular flexibility index (Phi) is 2.36. The van der Waals surface area contributed by atoms with E-state index in [0.717, 1.165) is 17.0 Å². The van der Waals surface area contributed by atoms with E-state index in [1.165, 1.54) is 3.57 Å². The van der Waals surface area contributed by atoms with Crippen LogP contribution in [0.25, 0.3) is 17.0 Å². The lowest BCUT2D eigenvalue weighted by Crippen LogP contribution is -1.88. The van der Waals surface area contributed by atoms with Crippen molar-refractivity contribution in [1.82, 2.24) is 14.6 Å². The fourth-order valence-corrected chi connectivity index (χ4v) is 2.00. The number of nitrogens with zero attached hydrogens (tertiary/aromatic N) is 3. The molecule has 0 N–H and O–H groups in total. The molecule has 0 saturated carbocycles. The lowest BCUT2D eigenvalue weighted by Gasteiger charge is -1.99. The summed E-state index contributed by atoms with van der Waals surface area (Å²) in [5.41, 5.74) is 1.95. The number of halogens is 1. The van der Waals surface area contributed by atoms with Gasteiger partial charge in [0.2, 0.25) is 0 Å². The number of benzene rings is 1. The minimum absolute atomic E-state index is 0.871. The molecule has 4 heteroatoms. The van der Waals surface area contributed by atoms with E-state index in [0.29, 0.717) is 0 Å². The molecule has 2 aromatic heterocycles. The van der Waals surface area contributed by atoms with Gasteiger partial charge in [-0.2, -0.15) is 0 Å². The molecule has 0 bridgehead atoms. The van der Waals surface area contributed by atoms with Crippen LogP contribution in [0.5, 0.6) is 0 Å². The Hall–Kier alpha value is -1.43. The zero-order valence-corrected chi connectivity index (χ0v) is 10.5. The molecule has 0 atom stereocenters. The van der Waals surface area contributed by atoms with Crippen molar-refractivity contribution in [1.29, 1.82) is 0 Å². The Morgan fingerprint density at radius 1 is 0.938 bits per heavy atom. The molecule has 2 heterocycles. The highest BCUT2D eigenvalue weighted by atomic mass is 127. The van der Waals surface area contributed by atoms with Crippen LogP contribution in [0.4, 0.5) is 0 Å². The minimum atomic E-state index is 0.871. The topological polar surface area (TPSA) is 30.2 Å². The van der Waals surface area contributed by atoms with Gasteiger partial charge in [0.1, 0.15) is 0 Å². The maximum Gasteiger partial charge on any atom is 0.168 e. The maximum absolute atomic E-state index is 4.21. The van der Waals surface area contributed by atoms with Crippen LogP contribution in [-0.4, -0.2) is 14.6 Å². The van der Waals surface area contributed by atoms with Crippen LogP contribution >= 0.6 is 22.6 Å². The fraction of sp³-hybridized carbons (Fsp3) is 0. The van der Waals surface area contributed by atoms with Crippen molar-refractivity contribution in [3.8, 4) is 11.4 Å². The summed E-state index contributed by atoms with van der Waals surface area (Å²) in [5, 5.41) is 8.33. The predicted molar refractivity (Wildman–Crippen MR) is 71.1 cm³/mol. The van der Waals surface area contributed by atoms with Gasteiger partial charge >= 0.3 is 0 Å². The molecule has 0 aliphatic carbocycles. The van der Waals surface area contributed by atoms with Crippen LogP contribution in [0.3, 0.4) is 0 Å². The van der Waals surface area contributed by atoms with Gasteiger partial charge in [0.05, 0.1) is 0 Å². The third-order valence-corrected chi connectivity index (χ3v) is 3.14. The van der Waals surface area contributed by atoms with E-state index in [2.05, 4.69) is 57.1 Å². The van der Waals surface area contributed by atoms with Gasteiger partial charge in [-0.3, -0.25) is 4.40 Å². The van der Waals surface area contributed by atoms with E-state index in [4.69, 9.17) is 0 Å². The minimum Gasteiger partial charge on any atom is -0.282 e. The Morgan fingerprint density at radius 3 is 2.56 bits per heavy atom. The molecule has 3 rings (SSSR count). The third kappa shape index (κ3) is 1.59. The van der Waals surface area contributed by atoms with Crippen LogP contribution in [0.2, 0.25) is 0 Å². The average molecular weight is 321 g/mol. The molecule has 0 spiro atoms. The first-order chi connectivity index (χ1) is 7.84. The third-order valence-electron chi connectivity index (χ3n) is 2.42. The van der Waals surface area contributed by atoms with Crippen molar-refractivity contribution in [2.45, 2.75) is 0 Å². The van der Waals surface area contributed by atoms with Crippen molar-refractivity contribution >= 4 is 28.2 Å². The molecule has 0 unspecified atom stereocenters. The van der Waals surface area contributed by atoms with E-state index >= 15 is 0 Å². The van der Waals surface area contributed by atoms with Crippen molar-refractivity contribution in [3.63, 3.8) is 0 Å². The molecular weight excluding hydrogens is 313 g/mol. The molecule has 16 heavy (non-hydrogen) atoms. The molecule has 0 radical (unpaired) electrons. The summed E-state index contributed by atoms with van der Waals surface area (Å²) in [4.78, 5) is 0. The summed E-state index contributed by atoms with van der Waals surface area (Å²) in [6.45, 7) is 0. The standard InChI is InChI=1S/C12H8IN3/c13-10-6-4-9(5-7-10)12-15-14-11-3-1-2-8-16(11)12/h1-8H. The van der Waals surface area contributed by atoms with Crippen molar-refractivity contribution in [3.05, 3.63) is 52.2 Å². The first kappa shape index (κ1) is 9.77. The fourth-order valence-electron chi connectivity index (χ4n) is 1.64. The maximum atomic E-state index is 4.21. The zero-order chi connectivity index (χ0) is 11.0. The Morgan fingerprint density at radius 2 is 1.75 bits per heavy atom. The first-order valence-corrected chi connectivity index (χ1v) is 5.98. The van der Waals surface area contributed by atoms with Gasteiger partial charge in [-0.15, -0.1) is 10.2 Å². The summed E-state index contributed by atoms with van der Waals surface area (Å²) >= 11 is 2.29. The number of aromatic nitrogens is 3. The Bertz CT molecular complexity index is 628. The van der Waals surface area contributed by atoms with Crippen molar-refractivity contribution in [2.24, 2.45) is 0 Å². The summed E-state index contributed by atoms with van der Waals surface area (Å²) in [7, 11) is 0. The highest BCUT2D eigenvalue weighted by molar-refractivity contribution is 14.1. The van der Waals surface area contributed by atoms with Crippen LogP contribution < -0.4 is 0 Å². The lowest BCUT2D eigenvalue weighted by molar-refractivity contribution is 1.11. The van der Waals surface area contributed by atoms with Crippen LogP contribution in [0.1, 0.15) is 0 Å². The molecule has 78 valence electrons. The number of hydrogen-bond donors (Lipinski definition) is 0. The molecule has 3 aromatic rings. The SMILES string of the molecule is Ic1ccc(-c2nnc3ccccn23)cc1. The predicted octanol–water partition coefficient (Wildman–Crippen LogP) is 3.00. The van der Waals surface area contributed by atoms with Crippen LogP contribution in [0.15, 0.2) is 48.7 Å². The molecular formula is C12H8IN3. The number of hydrogen-bond acceptors (Lipinski definition) is 2. The van der Waals surface area contributed by atoms with Gasteiger partial charge in [-0.25, -0.2) is 0 Å². The van der Waals surface area contributed by atoms with E-state index < -0.39 is 0 Å². The van der Waals surface area contributed by atoms with Crippen LogP contribution in [-0.2, 0) is 0 Å². The van der Waals surface area contributed by atoms with Crippen molar-refractivity contribution < 1.29 is 0 Å². The normalized spacial score (nSPS) is 10.8. The smallest absolute Gasteiger partial charge is 0.168 e. The highest BCUT2D eigenvalue weighted by Crippen LogP contribution is 2.19. The summed E-state index contributed by atoms with van der Waals surface area (Å²) < 4.78 is 3.21. The Labute approximate surface area is 106 Å². The molecule has 0 saturated heterocycles. The van der Waals surface area contributed by atoms with Gasteiger partial charge in [0, 0.05) is 15.3 Å². The van der Waals surface area contributed by atoms with Gasteiger partial charge < -0.3 is 0 Å². The zero-order valence-electron chi connectivity index (χ0n) is 8.34. The van der Waals surface area contributed by atoms with Gasteiger partial charge in [0.25, 0.3) is 0 Å². The largest absolute Gasteiger partial charge is 0.282 e. The van der Waals surface area contributed by atoms with Gasteiger partial charge in [0.15, 0.2) is 11.5 Å². The second-order valence-electron chi connectivity index (χ2n) is 3.46. The molecule has 0 aliphatic heterocycles. The second kappa shape index (κ2) is 3.86. The second-order valence-corrected chi connectivity index (χ2v) is 4.70. The quantitative estimate of drug-likeness (QED) is 0.645. The van der Waals surface area contributed by atoms with E-state index in [9.17, 15) is 0 Å². The average Bonchev–Trinajstić information content (AvgIpc) is 2.74. The van der Waals surface area contributed by atoms with E-state index in [-0.39, 0.29) is 0 Å². The van der Waals surface area contributed by atoms with E-state index in [1.54, 1.807) is 0 Å². The summed E-state index contributed by atoms with van der Waals surface area (Å²) in [6, 6.07) is 14.1. The molecule has 1 aromatic carbocycles. The number of rotatable bonds is 1.